The normalized spacial score (nSPS) is 17.1. The molecule has 9 heteroatoms. The van der Waals surface area contributed by atoms with E-state index in [9.17, 15) is 9.59 Å². The van der Waals surface area contributed by atoms with E-state index in [0.717, 1.165) is 16.6 Å². The molecule has 8 nitrogen and oxygen atoms in total. The first-order valence-electron chi connectivity index (χ1n) is 12.4. The van der Waals surface area contributed by atoms with Gasteiger partial charge in [-0.2, -0.15) is 0 Å². The van der Waals surface area contributed by atoms with Crippen molar-refractivity contribution in [2.75, 3.05) is 7.11 Å². The van der Waals surface area contributed by atoms with Gasteiger partial charge < -0.3 is 28.8 Å². The number of hydrogen-bond acceptors (Lipinski definition) is 7. The predicted molar refractivity (Wildman–Crippen MR) is 142 cm³/mol. The van der Waals surface area contributed by atoms with Gasteiger partial charge in [0.15, 0.2) is 0 Å². The molecule has 0 unspecified atom stereocenters. The summed E-state index contributed by atoms with van der Waals surface area (Å²) in [6.07, 6.45) is -0.549. The summed E-state index contributed by atoms with van der Waals surface area (Å²) in [4.78, 5) is 25.0. The van der Waals surface area contributed by atoms with E-state index in [-0.39, 0.29) is 6.42 Å². The van der Waals surface area contributed by atoms with E-state index in [1.807, 2.05) is 76.2 Å². The first-order valence-corrected chi connectivity index (χ1v) is 12.4. The van der Waals surface area contributed by atoms with E-state index < -0.39 is 42.0 Å². The molecule has 1 fully saturated rings. The van der Waals surface area contributed by atoms with Crippen molar-refractivity contribution in [2.24, 2.45) is 0 Å². The third kappa shape index (κ3) is 7.73. The van der Waals surface area contributed by atoms with Crippen molar-refractivity contribution < 1.29 is 33.1 Å². The molecule has 1 aliphatic rings. The molecule has 0 bridgehead atoms. The first kappa shape index (κ1) is 28.5. The zero-order valence-electron chi connectivity index (χ0n) is 23.0. The van der Waals surface area contributed by atoms with Crippen LogP contribution >= 0.6 is 0 Å². The van der Waals surface area contributed by atoms with Crippen molar-refractivity contribution in [3.8, 4) is 5.75 Å². The lowest BCUT2D eigenvalue weighted by molar-refractivity contribution is -0.143. The van der Waals surface area contributed by atoms with Crippen LogP contribution in [0.3, 0.4) is 0 Å². The molecule has 0 aromatic heterocycles. The third-order valence-corrected chi connectivity index (χ3v) is 6.38. The Kier molecular flexibility index (Phi) is 8.60. The van der Waals surface area contributed by atoms with E-state index >= 15 is 0 Å². The van der Waals surface area contributed by atoms with Crippen LogP contribution in [-0.4, -0.2) is 49.1 Å². The monoisotopic (exact) mass is 511 g/mol. The molecular weight excluding hydrogens is 473 g/mol. The van der Waals surface area contributed by atoms with Crippen LogP contribution in [0.15, 0.2) is 48.5 Å². The van der Waals surface area contributed by atoms with Gasteiger partial charge in [-0.25, -0.2) is 9.59 Å². The van der Waals surface area contributed by atoms with E-state index in [2.05, 4.69) is 5.32 Å². The average molecular weight is 511 g/mol. The van der Waals surface area contributed by atoms with Gasteiger partial charge in [-0.15, -0.1) is 0 Å². The molecule has 0 spiro atoms. The molecule has 1 saturated heterocycles. The highest BCUT2D eigenvalue weighted by Crippen LogP contribution is 2.36. The Morgan fingerprint density at radius 3 is 2.16 bits per heavy atom. The molecule has 2 aromatic carbocycles. The molecule has 1 aliphatic heterocycles. The molecule has 1 amide bonds. The number of rotatable bonds is 8. The minimum atomic E-state index is -0.963. The van der Waals surface area contributed by atoms with Gasteiger partial charge >= 0.3 is 19.2 Å². The van der Waals surface area contributed by atoms with Gasteiger partial charge in [-0.1, -0.05) is 36.4 Å². The van der Waals surface area contributed by atoms with Crippen molar-refractivity contribution in [3.63, 3.8) is 0 Å². The van der Waals surface area contributed by atoms with Gasteiger partial charge in [0.05, 0.1) is 18.3 Å². The largest absolute Gasteiger partial charge is 0.494 e. The summed E-state index contributed by atoms with van der Waals surface area (Å²) in [5, 5.41) is 2.63. The van der Waals surface area contributed by atoms with Crippen LogP contribution in [0.2, 0.25) is 0 Å². The predicted octanol–water partition coefficient (Wildman–Crippen LogP) is 4.17. The Morgan fingerprint density at radius 2 is 1.59 bits per heavy atom. The molecular formula is C28H38BNO7. The van der Waals surface area contributed by atoms with Crippen LogP contribution in [0.25, 0.3) is 0 Å². The standard InChI is InChI=1S/C28H38BNO7/c1-26(2,3)35-25(32)30-23(24(31)33-8)16-20-14-21(29-36-27(4,5)28(6,7)37-29)17-22(15-20)34-18-19-12-10-9-11-13-19/h9-15,17,23H,16,18H2,1-8H3,(H,30,32)/t23-/m0/s1. The number of carbonyl (C=O) groups is 2. The van der Waals surface area contributed by atoms with Crippen LogP contribution in [-0.2, 0) is 36.6 Å². The SMILES string of the molecule is COC(=O)[C@H](Cc1cc(OCc2ccccc2)cc(B2OC(C)(C)C(C)(C)O2)c1)NC(=O)OC(C)(C)C. The molecule has 1 atom stereocenters. The van der Waals surface area contributed by atoms with E-state index in [1.165, 1.54) is 7.11 Å². The Hall–Kier alpha value is -3.04. The Labute approximate surface area is 220 Å². The number of ether oxygens (including phenoxy) is 3. The zero-order valence-corrected chi connectivity index (χ0v) is 23.0. The van der Waals surface area contributed by atoms with Crippen LogP contribution in [0.1, 0.15) is 59.6 Å². The third-order valence-electron chi connectivity index (χ3n) is 6.38. The lowest BCUT2D eigenvalue weighted by Gasteiger charge is -2.32. The lowest BCUT2D eigenvalue weighted by atomic mass is 9.77. The number of hydrogen-bond donors (Lipinski definition) is 1. The number of carbonyl (C=O) groups excluding carboxylic acids is 2. The minimum absolute atomic E-state index is 0.154. The van der Waals surface area contributed by atoms with E-state index in [4.69, 9.17) is 23.5 Å². The summed E-state index contributed by atoms with van der Waals surface area (Å²) in [5.74, 6) is 0.00518. The second-order valence-corrected chi connectivity index (χ2v) is 11.2. The molecule has 1 N–H and O–H groups in total. The van der Waals surface area contributed by atoms with Crippen LogP contribution in [0.4, 0.5) is 4.79 Å². The molecule has 1 heterocycles. The summed E-state index contributed by atoms with van der Waals surface area (Å²) >= 11 is 0. The van der Waals surface area contributed by atoms with Crippen molar-refractivity contribution in [3.05, 3.63) is 59.7 Å². The summed E-state index contributed by atoms with van der Waals surface area (Å²) < 4.78 is 28.9. The topological polar surface area (TPSA) is 92.3 Å². The summed E-state index contributed by atoms with van der Waals surface area (Å²) in [6, 6.07) is 14.5. The van der Waals surface area contributed by atoms with Gasteiger partial charge in [-0.3, -0.25) is 0 Å². The van der Waals surface area contributed by atoms with E-state index in [1.54, 1.807) is 20.8 Å². The Balaban J connectivity index is 1.90. The second-order valence-electron chi connectivity index (χ2n) is 11.2. The van der Waals surface area contributed by atoms with Crippen LogP contribution in [0, 0.1) is 0 Å². The number of alkyl carbamates (subject to hydrolysis) is 1. The van der Waals surface area contributed by atoms with Crippen molar-refractivity contribution >= 4 is 24.6 Å². The van der Waals surface area contributed by atoms with Gasteiger partial charge in [0.1, 0.15) is 24.0 Å². The molecule has 2 aromatic rings. The summed E-state index contributed by atoms with van der Waals surface area (Å²) in [7, 11) is 0.654. The highest BCUT2D eigenvalue weighted by molar-refractivity contribution is 6.62. The highest BCUT2D eigenvalue weighted by Gasteiger charge is 2.51. The highest BCUT2D eigenvalue weighted by atomic mass is 16.7. The number of nitrogens with one attached hydrogen (secondary N) is 1. The Bertz CT molecular complexity index is 1080. The van der Waals surface area contributed by atoms with Gasteiger partial charge in [0.25, 0.3) is 0 Å². The van der Waals surface area contributed by atoms with E-state index in [0.29, 0.717) is 12.4 Å². The van der Waals surface area contributed by atoms with Crippen molar-refractivity contribution in [2.45, 2.75) is 84.3 Å². The van der Waals surface area contributed by atoms with Crippen molar-refractivity contribution in [1.29, 1.82) is 0 Å². The number of benzene rings is 2. The summed E-state index contributed by atoms with van der Waals surface area (Å²) in [6.45, 7) is 13.6. The second kappa shape index (κ2) is 11.1. The maximum atomic E-state index is 12.6. The molecule has 3 rings (SSSR count). The average Bonchev–Trinajstić information content (AvgIpc) is 3.03. The number of methoxy groups -OCH3 is 1. The molecule has 0 saturated carbocycles. The molecule has 37 heavy (non-hydrogen) atoms. The van der Waals surface area contributed by atoms with Crippen molar-refractivity contribution in [1.82, 2.24) is 5.32 Å². The lowest BCUT2D eigenvalue weighted by Crippen LogP contribution is -2.45. The van der Waals surface area contributed by atoms with Crippen LogP contribution in [0.5, 0.6) is 5.75 Å². The van der Waals surface area contributed by atoms with Gasteiger partial charge in [0.2, 0.25) is 0 Å². The Morgan fingerprint density at radius 1 is 0.973 bits per heavy atom. The molecule has 0 aliphatic carbocycles. The van der Waals surface area contributed by atoms with Gasteiger partial charge in [-0.05, 0) is 77.2 Å². The van der Waals surface area contributed by atoms with Gasteiger partial charge in [0, 0.05) is 6.42 Å². The number of amides is 1. The quantitative estimate of drug-likeness (QED) is 0.420. The van der Waals surface area contributed by atoms with Crippen LogP contribution < -0.4 is 15.5 Å². The fourth-order valence-electron chi connectivity index (χ4n) is 3.76. The molecule has 200 valence electrons. The maximum Gasteiger partial charge on any atom is 0.494 e. The molecule has 0 radical (unpaired) electrons. The first-order chi connectivity index (χ1) is 17.2. The fraction of sp³-hybridized carbons (Fsp3) is 0.500. The minimum Gasteiger partial charge on any atom is -0.489 e. The smallest absolute Gasteiger partial charge is 0.489 e. The zero-order chi connectivity index (χ0) is 27.4. The maximum absolute atomic E-state index is 12.6. The summed E-state index contributed by atoms with van der Waals surface area (Å²) in [5.41, 5.74) is 0.753. The number of esters is 1. The fourth-order valence-corrected chi connectivity index (χ4v) is 3.76.